The van der Waals surface area contributed by atoms with E-state index < -0.39 is 0 Å². The van der Waals surface area contributed by atoms with Crippen LogP contribution in [0.15, 0.2) is 54.1 Å². The number of carbonyl (C=O) groups is 1. The number of anilines is 1. The first-order valence-electron chi connectivity index (χ1n) is 7.96. The molecule has 1 amide bonds. The van der Waals surface area contributed by atoms with E-state index in [2.05, 4.69) is 34.3 Å². The number of para-hydroxylation sites is 1. The van der Waals surface area contributed by atoms with Crippen LogP contribution in [0, 0.1) is 0 Å². The predicted octanol–water partition coefficient (Wildman–Crippen LogP) is 1.98. The van der Waals surface area contributed by atoms with Crippen molar-refractivity contribution in [2.75, 3.05) is 5.01 Å². The molecule has 3 N–H and O–H groups in total. The lowest BCUT2D eigenvalue weighted by Gasteiger charge is -2.11. The number of hydrazine groups is 1. The van der Waals surface area contributed by atoms with E-state index in [0.29, 0.717) is 10.8 Å². The summed E-state index contributed by atoms with van der Waals surface area (Å²) in [5.74, 6) is 5.78. The summed E-state index contributed by atoms with van der Waals surface area (Å²) in [4.78, 5) is 20.5. The van der Waals surface area contributed by atoms with E-state index in [-0.39, 0.29) is 5.91 Å². The number of amides is 1. The van der Waals surface area contributed by atoms with Crippen molar-refractivity contribution in [3.8, 4) is 0 Å². The van der Waals surface area contributed by atoms with Gasteiger partial charge >= 0.3 is 0 Å². The Balaban J connectivity index is 1.53. The van der Waals surface area contributed by atoms with Crippen molar-refractivity contribution in [1.29, 1.82) is 0 Å². The number of hydrogen-bond acceptors (Lipinski definition) is 4. The van der Waals surface area contributed by atoms with Gasteiger partial charge in [-0.3, -0.25) is 4.79 Å². The fourth-order valence-corrected chi connectivity index (χ4v) is 4.19. The molecule has 0 unspecified atom stereocenters. The minimum absolute atomic E-state index is 0.298. The molecule has 1 aromatic carbocycles. The number of thiazole rings is 1. The number of benzene rings is 1. The zero-order chi connectivity index (χ0) is 17.0. The van der Waals surface area contributed by atoms with Crippen molar-refractivity contribution in [2.24, 2.45) is 5.84 Å². The number of nitrogens with two attached hydrogens (primary N) is 1. The van der Waals surface area contributed by atoms with Crippen molar-refractivity contribution in [3.63, 3.8) is 0 Å². The molecule has 122 valence electrons. The van der Waals surface area contributed by atoms with E-state index >= 15 is 0 Å². The molecule has 0 spiro atoms. The van der Waals surface area contributed by atoms with E-state index in [4.69, 9.17) is 5.84 Å². The van der Waals surface area contributed by atoms with Gasteiger partial charge in [-0.1, -0.05) is 47.8 Å². The molecular formula is C19H14N4OS. The van der Waals surface area contributed by atoms with Crippen molar-refractivity contribution >= 4 is 44.9 Å². The lowest BCUT2D eigenvalue weighted by molar-refractivity contribution is 0.0983. The molecule has 0 aliphatic heterocycles. The molecule has 0 atom stereocenters. The van der Waals surface area contributed by atoms with E-state index in [0.717, 1.165) is 32.2 Å². The monoisotopic (exact) mass is 346 g/mol. The second-order valence-corrected chi connectivity index (χ2v) is 7.04. The fourth-order valence-electron chi connectivity index (χ4n) is 3.23. The minimum atomic E-state index is -0.298. The fraction of sp³-hybridized carbons (Fsp3) is 0.0526. The van der Waals surface area contributed by atoms with Gasteiger partial charge in [0.05, 0.1) is 9.88 Å². The second kappa shape index (κ2) is 5.27. The molecule has 0 saturated carbocycles. The predicted molar refractivity (Wildman–Crippen MR) is 100 cm³/mol. The summed E-state index contributed by atoms with van der Waals surface area (Å²) in [5.41, 5.74) is 3.77. The SMILES string of the molecule is NN(C(=O)c1cc2ccccc2[nH]1)c1nc2c(s1)=CC1=CC=CCC=21. The first-order chi connectivity index (χ1) is 12.2. The molecule has 2 heterocycles. The van der Waals surface area contributed by atoms with Crippen LogP contribution in [0.3, 0.4) is 0 Å². The number of aromatic amines is 1. The quantitative estimate of drug-likeness (QED) is 0.423. The number of carbonyl (C=O) groups excluding carboxylic acids is 1. The third-order valence-corrected chi connectivity index (χ3v) is 5.48. The Morgan fingerprint density at radius 2 is 2.20 bits per heavy atom. The van der Waals surface area contributed by atoms with E-state index in [1.807, 2.05) is 30.3 Å². The van der Waals surface area contributed by atoms with Gasteiger partial charge in [-0.15, -0.1) is 0 Å². The molecule has 25 heavy (non-hydrogen) atoms. The number of aromatic nitrogens is 2. The Morgan fingerprint density at radius 3 is 3.08 bits per heavy atom. The van der Waals surface area contributed by atoms with Crippen molar-refractivity contribution < 1.29 is 4.79 Å². The summed E-state index contributed by atoms with van der Waals surface area (Å²) >= 11 is 1.44. The highest BCUT2D eigenvalue weighted by molar-refractivity contribution is 7.13. The molecule has 6 heteroatoms. The van der Waals surface area contributed by atoms with Crippen molar-refractivity contribution in [3.05, 3.63) is 69.7 Å². The Hall–Kier alpha value is -2.96. The molecule has 2 aliphatic rings. The molecule has 3 aromatic rings. The standard InChI is InChI=1S/C19H14N4OS/c20-23(18(24)15-9-12-6-2-4-8-14(12)21-15)19-22-17-13-7-3-1-5-11(13)10-16(17)25-19/h1-6,8-10,21H,7,20H2. The van der Waals surface area contributed by atoms with Crippen LogP contribution in [-0.2, 0) is 0 Å². The number of rotatable bonds is 2. The van der Waals surface area contributed by atoms with Crippen molar-refractivity contribution in [2.45, 2.75) is 6.42 Å². The Bertz CT molecular complexity index is 1180. The van der Waals surface area contributed by atoms with E-state index in [1.165, 1.54) is 22.5 Å². The topological polar surface area (TPSA) is 75.0 Å². The first-order valence-corrected chi connectivity index (χ1v) is 8.78. The molecule has 0 fully saturated rings. The van der Waals surface area contributed by atoms with Crippen LogP contribution in [-0.4, -0.2) is 15.9 Å². The van der Waals surface area contributed by atoms with Gasteiger partial charge in [-0.25, -0.2) is 15.8 Å². The van der Waals surface area contributed by atoms with E-state index in [1.54, 1.807) is 0 Å². The molecular weight excluding hydrogens is 332 g/mol. The van der Waals surface area contributed by atoms with Crippen LogP contribution in [0.1, 0.15) is 16.9 Å². The van der Waals surface area contributed by atoms with Gasteiger partial charge in [-0.2, -0.15) is 0 Å². The van der Waals surface area contributed by atoms with Crippen molar-refractivity contribution in [1.82, 2.24) is 9.97 Å². The summed E-state index contributed by atoms with van der Waals surface area (Å²) in [6, 6.07) is 9.56. The summed E-state index contributed by atoms with van der Waals surface area (Å²) in [5, 5.41) is 3.56. The first kappa shape index (κ1) is 14.4. The number of hydrogen-bond donors (Lipinski definition) is 2. The van der Waals surface area contributed by atoms with Crippen LogP contribution in [0.2, 0.25) is 0 Å². The zero-order valence-corrected chi connectivity index (χ0v) is 14.0. The van der Waals surface area contributed by atoms with Gasteiger partial charge in [0, 0.05) is 10.9 Å². The lowest BCUT2D eigenvalue weighted by atomic mass is 10.0. The van der Waals surface area contributed by atoms with Gasteiger partial charge in [0.25, 0.3) is 5.91 Å². The molecule has 5 nitrogen and oxygen atoms in total. The average molecular weight is 346 g/mol. The third-order valence-electron chi connectivity index (χ3n) is 4.48. The maximum atomic E-state index is 12.7. The lowest BCUT2D eigenvalue weighted by Crippen LogP contribution is -2.38. The molecule has 0 radical (unpaired) electrons. The van der Waals surface area contributed by atoms with Crippen LogP contribution in [0.25, 0.3) is 22.6 Å². The molecule has 2 aliphatic carbocycles. The Labute approximate surface area is 147 Å². The van der Waals surface area contributed by atoms with Crippen LogP contribution in [0.4, 0.5) is 5.13 Å². The number of fused-ring (bicyclic) bond motifs is 3. The molecule has 0 bridgehead atoms. The van der Waals surface area contributed by atoms with Crippen LogP contribution in [0.5, 0.6) is 0 Å². The highest BCUT2D eigenvalue weighted by Gasteiger charge is 2.22. The van der Waals surface area contributed by atoms with Crippen LogP contribution < -0.4 is 20.7 Å². The second-order valence-electron chi connectivity index (χ2n) is 6.03. The van der Waals surface area contributed by atoms with Gasteiger partial charge < -0.3 is 4.98 Å². The zero-order valence-electron chi connectivity index (χ0n) is 13.2. The average Bonchev–Trinajstić information content (AvgIpc) is 3.32. The number of nitrogens with one attached hydrogen (secondary N) is 1. The summed E-state index contributed by atoms with van der Waals surface area (Å²) in [6.07, 6.45) is 9.22. The number of allylic oxidation sites excluding steroid dienone is 4. The Kier molecular flexibility index (Phi) is 3.03. The van der Waals surface area contributed by atoms with Gasteiger partial charge in [0.2, 0.25) is 5.13 Å². The largest absolute Gasteiger partial charge is 0.350 e. The van der Waals surface area contributed by atoms with Crippen LogP contribution >= 0.6 is 11.3 Å². The van der Waals surface area contributed by atoms with Gasteiger partial charge in [-0.05, 0) is 35.8 Å². The normalized spacial score (nSPS) is 14.9. The smallest absolute Gasteiger partial charge is 0.290 e. The maximum absolute atomic E-state index is 12.7. The van der Waals surface area contributed by atoms with E-state index in [9.17, 15) is 4.79 Å². The Morgan fingerprint density at radius 1 is 1.32 bits per heavy atom. The number of nitrogens with zero attached hydrogens (tertiary/aromatic N) is 2. The summed E-state index contributed by atoms with van der Waals surface area (Å²) in [7, 11) is 0. The summed E-state index contributed by atoms with van der Waals surface area (Å²) < 4.78 is 1.06. The highest BCUT2D eigenvalue weighted by atomic mass is 32.1. The number of H-pyrrole nitrogens is 1. The molecule has 5 rings (SSSR count). The highest BCUT2D eigenvalue weighted by Crippen LogP contribution is 2.25. The van der Waals surface area contributed by atoms with Gasteiger partial charge in [0.15, 0.2) is 0 Å². The summed E-state index contributed by atoms with van der Waals surface area (Å²) in [6.45, 7) is 0. The maximum Gasteiger partial charge on any atom is 0.290 e. The third kappa shape index (κ3) is 2.19. The van der Waals surface area contributed by atoms with Gasteiger partial charge in [0.1, 0.15) is 5.69 Å². The minimum Gasteiger partial charge on any atom is -0.350 e. The molecule has 2 aromatic heterocycles. The molecule has 0 saturated heterocycles.